The van der Waals surface area contributed by atoms with Gasteiger partial charge >= 0.3 is 0 Å². The molecule has 10 heavy (non-hydrogen) atoms. The highest BCUT2D eigenvalue weighted by molar-refractivity contribution is 4.57. The Morgan fingerprint density at radius 1 is 1.30 bits per heavy atom. The van der Waals surface area contributed by atoms with Crippen molar-refractivity contribution in [2.24, 2.45) is 0 Å². The molecule has 61 valence electrons. The van der Waals surface area contributed by atoms with E-state index in [0.29, 0.717) is 12.8 Å². The van der Waals surface area contributed by atoms with Gasteiger partial charge in [0.15, 0.2) is 0 Å². The summed E-state index contributed by atoms with van der Waals surface area (Å²) in [4.78, 5) is 0. The fourth-order valence-electron chi connectivity index (χ4n) is 0.937. The minimum atomic E-state index is -0.656. The molecule has 0 amide bonds. The van der Waals surface area contributed by atoms with Crippen LogP contribution in [0.4, 0.5) is 4.39 Å². The second-order valence-corrected chi connectivity index (χ2v) is 2.74. The van der Waals surface area contributed by atoms with Gasteiger partial charge in [-0.15, -0.1) is 0 Å². The highest BCUT2D eigenvalue weighted by atomic mass is 19.1. The predicted molar refractivity (Wildman–Crippen MR) is 43.6 cm³/mol. The van der Waals surface area contributed by atoms with Gasteiger partial charge in [0.05, 0.1) is 0 Å². The van der Waals surface area contributed by atoms with Gasteiger partial charge in [-0.25, -0.2) is 4.39 Å². The Balaban J connectivity index is 2.89. The average molecular weight is 145 g/mol. The number of alkyl halides is 1. The zero-order chi connectivity index (χ0) is 7.82. The molecule has 0 aliphatic heterocycles. The van der Waals surface area contributed by atoms with E-state index in [1.807, 2.05) is 0 Å². The van der Waals surface area contributed by atoms with Crippen LogP contribution in [0.15, 0.2) is 0 Å². The monoisotopic (exact) mass is 145 g/mol. The minimum Gasteiger partial charge on any atom is -0.247 e. The van der Waals surface area contributed by atoms with E-state index in [-0.39, 0.29) is 0 Å². The van der Waals surface area contributed by atoms with Gasteiger partial charge in [-0.3, -0.25) is 0 Å². The number of rotatable bonds is 6. The maximum Gasteiger partial charge on any atom is 0.100 e. The van der Waals surface area contributed by atoms with E-state index in [1.54, 1.807) is 0 Å². The number of hydrogen-bond acceptors (Lipinski definition) is 0. The molecule has 0 aromatic rings. The Bertz CT molecular complexity index is 61.7. The number of halogens is 1. The molecule has 1 atom stereocenters. The second-order valence-electron chi connectivity index (χ2n) is 2.74. The van der Waals surface area contributed by atoms with Gasteiger partial charge in [-0.2, -0.15) is 0 Å². The second kappa shape index (κ2) is 7.04. The normalized spacial score (nSPS) is 13.5. The molecular formula is C9H18F. The Hall–Kier alpha value is -0.0700. The lowest BCUT2D eigenvalue weighted by atomic mass is 10.1. The van der Waals surface area contributed by atoms with Crippen LogP contribution in [-0.2, 0) is 0 Å². The van der Waals surface area contributed by atoms with Crippen LogP contribution in [0, 0.1) is 6.92 Å². The Labute approximate surface area is 63.8 Å². The fraction of sp³-hybridized carbons (Fsp3) is 0.889. The summed E-state index contributed by atoms with van der Waals surface area (Å²) in [5.41, 5.74) is 0. The fourth-order valence-corrected chi connectivity index (χ4v) is 0.937. The largest absolute Gasteiger partial charge is 0.247 e. The molecule has 0 fully saturated rings. The van der Waals surface area contributed by atoms with Crippen LogP contribution < -0.4 is 0 Å². The van der Waals surface area contributed by atoms with Gasteiger partial charge in [-0.1, -0.05) is 39.5 Å². The van der Waals surface area contributed by atoms with E-state index in [0.717, 1.165) is 6.42 Å². The zero-order valence-electron chi connectivity index (χ0n) is 6.91. The number of hydrogen-bond donors (Lipinski definition) is 0. The maximum absolute atomic E-state index is 12.5. The smallest absolute Gasteiger partial charge is 0.100 e. The predicted octanol–water partition coefficient (Wildman–Crippen LogP) is 3.52. The molecular weight excluding hydrogens is 127 g/mol. The molecule has 0 aliphatic rings. The van der Waals surface area contributed by atoms with Crippen molar-refractivity contribution < 1.29 is 4.39 Å². The standard InChI is InChI=1S/C9H18F/c1-3-5-6-7-8-9(10)4-2/h9H,2-8H2,1H3. The molecule has 0 rings (SSSR count). The van der Waals surface area contributed by atoms with Crippen LogP contribution in [0.3, 0.4) is 0 Å². The number of unbranched alkanes of at least 4 members (excludes halogenated alkanes) is 3. The van der Waals surface area contributed by atoms with Gasteiger partial charge in [0.2, 0.25) is 0 Å². The molecule has 1 radical (unpaired) electrons. The third kappa shape index (κ3) is 6.06. The SMILES string of the molecule is [CH2]CC(F)CCCCCC. The molecule has 0 heterocycles. The molecule has 0 saturated carbocycles. The maximum atomic E-state index is 12.5. The summed E-state index contributed by atoms with van der Waals surface area (Å²) in [5.74, 6) is 0. The van der Waals surface area contributed by atoms with Crippen LogP contribution in [0.1, 0.15) is 45.4 Å². The lowest BCUT2D eigenvalue weighted by Crippen LogP contribution is -1.96. The lowest BCUT2D eigenvalue weighted by Gasteiger charge is -2.02. The third-order valence-electron chi connectivity index (χ3n) is 1.68. The Kier molecular flexibility index (Phi) is 6.99. The van der Waals surface area contributed by atoms with E-state index < -0.39 is 6.17 Å². The van der Waals surface area contributed by atoms with E-state index in [2.05, 4.69) is 13.8 Å². The lowest BCUT2D eigenvalue weighted by molar-refractivity contribution is 0.306. The molecule has 0 aromatic heterocycles. The first-order chi connectivity index (χ1) is 4.81. The summed E-state index contributed by atoms with van der Waals surface area (Å²) in [7, 11) is 0. The van der Waals surface area contributed by atoms with Crippen LogP contribution in [0.2, 0.25) is 0 Å². The van der Waals surface area contributed by atoms with Crippen LogP contribution in [-0.4, -0.2) is 6.17 Å². The first-order valence-corrected chi connectivity index (χ1v) is 4.24. The van der Waals surface area contributed by atoms with Gasteiger partial charge in [0.1, 0.15) is 6.17 Å². The summed E-state index contributed by atoms with van der Waals surface area (Å²) >= 11 is 0. The first kappa shape index (κ1) is 9.93. The molecule has 0 nitrogen and oxygen atoms in total. The Morgan fingerprint density at radius 2 is 2.00 bits per heavy atom. The van der Waals surface area contributed by atoms with E-state index in [9.17, 15) is 4.39 Å². The van der Waals surface area contributed by atoms with Crippen molar-refractivity contribution in [3.8, 4) is 0 Å². The Morgan fingerprint density at radius 3 is 2.50 bits per heavy atom. The van der Waals surface area contributed by atoms with E-state index in [4.69, 9.17) is 0 Å². The van der Waals surface area contributed by atoms with Gasteiger partial charge in [-0.05, 0) is 12.8 Å². The summed E-state index contributed by atoms with van der Waals surface area (Å²) in [6.07, 6.45) is 5.17. The molecule has 1 unspecified atom stereocenters. The van der Waals surface area contributed by atoms with E-state index >= 15 is 0 Å². The summed E-state index contributed by atoms with van der Waals surface area (Å²) in [6.45, 7) is 5.67. The summed E-state index contributed by atoms with van der Waals surface area (Å²) < 4.78 is 12.5. The highest BCUT2D eigenvalue weighted by Gasteiger charge is 2.00. The van der Waals surface area contributed by atoms with Gasteiger partial charge in [0, 0.05) is 0 Å². The van der Waals surface area contributed by atoms with Gasteiger partial charge < -0.3 is 0 Å². The first-order valence-electron chi connectivity index (χ1n) is 4.24. The summed E-state index contributed by atoms with van der Waals surface area (Å²) in [5, 5.41) is 0. The minimum absolute atomic E-state index is 0.437. The molecule has 1 heteroatoms. The zero-order valence-corrected chi connectivity index (χ0v) is 6.91. The van der Waals surface area contributed by atoms with E-state index in [1.165, 1.54) is 19.3 Å². The molecule has 0 N–H and O–H groups in total. The van der Waals surface area contributed by atoms with Crippen molar-refractivity contribution in [2.75, 3.05) is 0 Å². The quantitative estimate of drug-likeness (QED) is 0.502. The topological polar surface area (TPSA) is 0 Å². The van der Waals surface area contributed by atoms with Crippen LogP contribution >= 0.6 is 0 Å². The molecule has 0 aliphatic carbocycles. The van der Waals surface area contributed by atoms with Crippen molar-refractivity contribution in [1.82, 2.24) is 0 Å². The molecule has 0 spiro atoms. The molecule has 0 bridgehead atoms. The summed E-state index contributed by atoms with van der Waals surface area (Å²) in [6, 6.07) is 0. The van der Waals surface area contributed by atoms with Crippen molar-refractivity contribution >= 4 is 0 Å². The van der Waals surface area contributed by atoms with Crippen LogP contribution in [0.25, 0.3) is 0 Å². The van der Waals surface area contributed by atoms with Gasteiger partial charge in [0.25, 0.3) is 0 Å². The third-order valence-corrected chi connectivity index (χ3v) is 1.68. The van der Waals surface area contributed by atoms with Crippen molar-refractivity contribution in [3.63, 3.8) is 0 Å². The molecule has 0 aromatic carbocycles. The molecule has 0 saturated heterocycles. The average Bonchev–Trinajstić information content (AvgIpc) is 1.98. The highest BCUT2D eigenvalue weighted by Crippen LogP contribution is 2.09. The van der Waals surface area contributed by atoms with Crippen molar-refractivity contribution in [1.29, 1.82) is 0 Å². The van der Waals surface area contributed by atoms with Crippen molar-refractivity contribution in [2.45, 2.75) is 51.6 Å². The van der Waals surface area contributed by atoms with Crippen LogP contribution in [0.5, 0.6) is 0 Å². The van der Waals surface area contributed by atoms with Crippen molar-refractivity contribution in [3.05, 3.63) is 6.92 Å².